The molecule has 0 saturated carbocycles. The number of para-hydroxylation sites is 1. The SMILES string of the molecule is COc1cc([C@H]2[C@@H]3C(=O)N(c4ccc(F)cc4)C(=O)[C@H]3ON2c2ccccc2)ccc1OC(=O)c1ccc(F)cc1. The van der Waals surface area contributed by atoms with Gasteiger partial charge in [0.1, 0.15) is 17.6 Å². The average molecular weight is 557 g/mol. The first-order valence-corrected chi connectivity index (χ1v) is 12.7. The van der Waals surface area contributed by atoms with Crippen LogP contribution in [0.15, 0.2) is 97.1 Å². The molecule has 6 rings (SSSR count). The van der Waals surface area contributed by atoms with E-state index in [0.29, 0.717) is 11.3 Å². The number of imide groups is 1. The maximum Gasteiger partial charge on any atom is 0.343 e. The lowest BCUT2D eigenvalue weighted by atomic mass is 9.90. The molecule has 0 unspecified atom stereocenters. The van der Waals surface area contributed by atoms with Crippen molar-refractivity contribution in [1.29, 1.82) is 0 Å². The van der Waals surface area contributed by atoms with E-state index in [1.54, 1.807) is 36.4 Å². The molecule has 206 valence electrons. The molecular formula is C31H22F2N2O6. The molecule has 4 aromatic rings. The van der Waals surface area contributed by atoms with Gasteiger partial charge in [-0.15, -0.1) is 0 Å². The second kappa shape index (κ2) is 10.5. The molecule has 2 aliphatic heterocycles. The van der Waals surface area contributed by atoms with Crippen molar-refractivity contribution in [3.8, 4) is 11.5 Å². The third-order valence-corrected chi connectivity index (χ3v) is 7.02. The molecule has 41 heavy (non-hydrogen) atoms. The molecule has 0 bridgehead atoms. The first-order chi connectivity index (χ1) is 19.9. The Labute approximate surface area is 233 Å². The fourth-order valence-electron chi connectivity index (χ4n) is 5.09. The highest BCUT2D eigenvalue weighted by atomic mass is 19.1. The third-order valence-electron chi connectivity index (χ3n) is 7.02. The second-order valence-corrected chi connectivity index (χ2v) is 9.45. The molecule has 2 saturated heterocycles. The van der Waals surface area contributed by atoms with Gasteiger partial charge in [-0.05, 0) is 78.4 Å². The summed E-state index contributed by atoms with van der Waals surface area (Å²) in [6.07, 6.45) is -1.13. The standard InChI is InChI=1S/C31H22F2N2O6/c1-39-25-17-19(9-16-24(25)40-31(38)18-7-10-20(32)11-8-18)27-26-28(41-35(27)23-5-3-2-4-6-23)30(37)34(29(26)36)22-14-12-21(33)13-15-22/h2-17,26-28H,1H3/t26-,27-,28-/m0/s1. The number of halogens is 2. The molecule has 0 N–H and O–H groups in total. The van der Waals surface area contributed by atoms with Crippen LogP contribution in [0.2, 0.25) is 0 Å². The molecule has 2 heterocycles. The van der Waals surface area contributed by atoms with E-state index in [4.69, 9.17) is 14.3 Å². The molecule has 4 aromatic carbocycles. The number of rotatable bonds is 6. The second-order valence-electron chi connectivity index (χ2n) is 9.45. The topological polar surface area (TPSA) is 85.4 Å². The number of esters is 1. The van der Waals surface area contributed by atoms with Crippen LogP contribution in [-0.2, 0) is 14.4 Å². The zero-order valence-corrected chi connectivity index (χ0v) is 21.6. The summed E-state index contributed by atoms with van der Waals surface area (Å²) in [6.45, 7) is 0. The van der Waals surface area contributed by atoms with Crippen molar-refractivity contribution in [2.75, 3.05) is 17.1 Å². The Morgan fingerprint density at radius 1 is 0.780 bits per heavy atom. The molecule has 2 fully saturated rings. The van der Waals surface area contributed by atoms with Gasteiger partial charge in [-0.2, -0.15) is 0 Å². The van der Waals surface area contributed by atoms with E-state index in [9.17, 15) is 23.2 Å². The van der Waals surface area contributed by atoms with Gasteiger partial charge in [-0.25, -0.2) is 23.5 Å². The molecule has 3 atom stereocenters. The van der Waals surface area contributed by atoms with Crippen LogP contribution in [-0.4, -0.2) is 31.0 Å². The number of ether oxygens (including phenoxy) is 2. The highest BCUT2D eigenvalue weighted by molar-refractivity contribution is 6.23. The number of carbonyl (C=O) groups is 3. The molecule has 0 spiro atoms. The Bertz CT molecular complexity index is 1630. The molecule has 0 radical (unpaired) electrons. The summed E-state index contributed by atoms with van der Waals surface area (Å²) in [5.41, 5.74) is 1.56. The van der Waals surface area contributed by atoms with Crippen molar-refractivity contribution < 1.29 is 37.5 Å². The average Bonchev–Trinajstić information content (AvgIpc) is 3.50. The van der Waals surface area contributed by atoms with E-state index in [2.05, 4.69) is 0 Å². The van der Waals surface area contributed by atoms with Gasteiger partial charge < -0.3 is 9.47 Å². The van der Waals surface area contributed by atoms with E-state index >= 15 is 0 Å². The van der Waals surface area contributed by atoms with Gasteiger partial charge in [0.15, 0.2) is 17.6 Å². The third kappa shape index (κ3) is 4.68. The van der Waals surface area contributed by atoms with Crippen LogP contribution in [0.3, 0.4) is 0 Å². The van der Waals surface area contributed by atoms with Gasteiger partial charge in [0.05, 0.1) is 30.1 Å². The fourth-order valence-corrected chi connectivity index (χ4v) is 5.09. The molecule has 2 amide bonds. The minimum Gasteiger partial charge on any atom is -0.493 e. The predicted octanol–water partition coefficient (Wildman–Crippen LogP) is 5.24. The van der Waals surface area contributed by atoms with Crippen molar-refractivity contribution in [3.63, 3.8) is 0 Å². The normalized spacial score (nSPS) is 19.8. The summed E-state index contributed by atoms with van der Waals surface area (Å²) in [5, 5.41) is 1.52. The fraction of sp³-hybridized carbons (Fsp3) is 0.129. The Hall–Kier alpha value is -5.09. The van der Waals surface area contributed by atoms with Crippen LogP contribution in [0.1, 0.15) is 22.0 Å². The summed E-state index contributed by atoms with van der Waals surface area (Å²) in [5.74, 6) is -3.39. The van der Waals surface area contributed by atoms with E-state index in [-0.39, 0.29) is 22.7 Å². The quantitative estimate of drug-likeness (QED) is 0.182. The zero-order valence-electron chi connectivity index (χ0n) is 21.6. The van der Waals surface area contributed by atoms with Crippen molar-refractivity contribution >= 4 is 29.2 Å². The van der Waals surface area contributed by atoms with Gasteiger partial charge in [0.2, 0.25) is 5.91 Å². The highest BCUT2D eigenvalue weighted by Gasteiger charge is 2.60. The molecule has 0 aromatic heterocycles. The lowest BCUT2D eigenvalue weighted by Crippen LogP contribution is -2.37. The number of carbonyl (C=O) groups excluding carboxylic acids is 3. The van der Waals surface area contributed by atoms with E-state index < -0.39 is 47.5 Å². The van der Waals surface area contributed by atoms with E-state index in [0.717, 1.165) is 17.0 Å². The number of hydrogen-bond acceptors (Lipinski definition) is 7. The Morgan fingerprint density at radius 2 is 1.44 bits per heavy atom. The van der Waals surface area contributed by atoms with Crippen LogP contribution in [0.25, 0.3) is 0 Å². The zero-order chi connectivity index (χ0) is 28.7. The Morgan fingerprint density at radius 3 is 2.10 bits per heavy atom. The Kier molecular flexibility index (Phi) is 6.68. The predicted molar refractivity (Wildman–Crippen MR) is 143 cm³/mol. The first-order valence-electron chi connectivity index (χ1n) is 12.7. The summed E-state index contributed by atoms with van der Waals surface area (Å²) in [7, 11) is 1.40. The van der Waals surface area contributed by atoms with Crippen LogP contribution in [0, 0.1) is 17.6 Å². The number of benzene rings is 4. The minimum absolute atomic E-state index is 0.106. The van der Waals surface area contributed by atoms with E-state index in [1.807, 2.05) is 6.07 Å². The van der Waals surface area contributed by atoms with Gasteiger partial charge in [0.25, 0.3) is 5.91 Å². The maximum absolute atomic E-state index is 13.8. The number of methoxy groups -OCH3 is 1. The van der Waals surface area contributed by atoms with Gasteiger partial charge in [-0.1, -0.05) is 24.3 Å². The molecular weight excluding hydrogens is 534 g/mol. The summed E-state index contributed by atoms with van der Waals surface area (Å²) in [4.78, 5) is 47.0. The van der Waals surface area contributed by atoms with Gasteiger partial charge in [-0.3, -0.25) is 14.4 Å². The molecule has 10 heteroatoms. The number of amides is 2. The van der Waals surface area contributed by atoms with Gasteiger partial charge in [0, 0.05) is 0 Å². The van der Waals surface area contributed by atoms with Crippen LogP contribution in [0.4, 0.5) is 20.2 Å². The molecule has 2 aliphatic rings. The van der Waals surface area contributed by atoms with Crippen LogP contribution in [0.5, 0.6) is 11.5 Å². The van der Waals surface area contributed by atoms with Crippen molar-refractivity contribution in [3.05, 3.63) is 120 Å². The Balaban J connectivity index is 1.36. The summed E-state index contributed by atoms with van der Waals surface area (Å²) < 4.78 is 37.8. The number of hydroxylamine groups is 1. The summed E-state index contributed by atoms with van der Waals surface area (Å²) in [6, 6.07) is 23.0. The van der Waals surface area contributed by atoms with E-state index in [1.165, 1.54) is 54.6 Å². The highest BCUT2D eigenvalue weighted by Crippen LogP contribution is 2.48. The first kappa shape index (κ1) is 26.1. The molecule has 0 aliphatic carbocycles. The number of fused-ring (bicyclic) bond motifs is 1. The largest absolute Gasteiger partial charge is 0.493 e. The maximum atomic E-state index is 13.8. The molecule has 8 nitrogen and oxygen atoms in total. The van der Waals surface area contributed by atoms with Crippen LogP contribution >= 0.6 is 0 Å². The smallest absolute Gasteiger partial charge is 0.343 e. The number of nitrogens with zero attached hydrogens (tertiary/aromatic N) is 2. The monoisotopic (exact) mass is 556 g/mol. The minimum atomic E-state index is -1.13. The summed E-state index contributed by atoms with van der Waals surface area (Å²) >= 11 is 0. The number of anilines is 2. The number of hydrogen-bond donors (Lipinski definition) is 0. The van der Waals surface area contributed by atoms with Crippen molar-refractivity contribution in [2.45, 2.75) is 12.1 Å². The lowest BCUT2D eigenvalue weighted by Gasteiger charge is -2.29. The lowest BCUT2D eigenvalue weighted by molar-refractivity contribution is -0.126. The van der Waals surface area contributed by atoms with Crippen molar-refractivity contribution in [2.24, 2.45) is 5.92 Å². The van der Waals surface area contributed by atoms with Crippen LogP contribution < -0.4 is 19.4 Å². The van der Waals surface area contributed by atoms with Crippen molar-refractivity contribution in [1.82, 2.24) is 0 Å². The van der Waals surface area contributed by atoms with Gasteiger partial charge >= 0.3 is 5.97 Å².